The van der Waals surface area contributed by atoms with Gasteiger partial charge < -0.3 is 9.47 Å². The van der Waals surface area contributed by atoms with Gasteiger partial charge in [0.1, 0.15) is 5.82 Å². The van der Waals surface area contributed by atoms with Crippen molar-refractivity contribution in [1.29, 1.82) is 0 Å². The van der Waals surface area contributed by atoms with Crippen LogP contribution in [0, 0.1) is 5.82 Å². The number of nitrogens with zero attached hydrogens (tertiary/aromatic N) is 2. The minimum atomic E-state index is -0.630. The fraction of sp³-hybridized carbons (Fsp3) is 0.115. The molecule has 0 saturated carbocycles. The van der Waals surface area contributed by atoms with Gasteiger partial charge >= 0.3 is 5.97 Å². The Morgan fingerprint density at radius 2 is 1.76 bits per heavy atom. The second-order valence-electron chi connectivity index (χ2n) is 7.23. The molecular weight excluding hydrogens is 423 g/mol. The van der Waals surface area contributed by atoms with Crippen LogP contribution < -0.4 is 14.5 Å². The Kier molecular flexibility index (Phi) is 6.31. The van der Waals surface area contributed by atoms with Gasteiger partial charge in [0.05, 0.1) is 29.1 Å². The summed E-state index contributed by atoms with van der Waals surface area (Å²) in [4.78, 5) is 25.4. The Balaban J connectivity index is 1.59. The first-order valence-corrected chi connectivity index (χ1v) is 10.4. The van der Waals surface area contributed by atoms with E-state index in [1.807, 2.05) is 37.3 Å². The highest BCUT2D eigenvalue weighted by molar-refractivity contribution is 6.32. The first-order chi connectivity index (χ1) is 16.0. The molecule has 3 aromatic rings. The smallest absolute Gasteiger partial charge is 0.343 e. The van der Waals surface area contributed by atoms with Gasteiger partial charge in [0.25, 0.3) is 5.91 Å². The predicted octanol–water partition coefficient (Wildman–Crippen LogP) is 5.25. The maximum Gasteiger partial charge on any atom is 0.343 e. The van der Waals surface area contributed by atoms with Gasteiger partial charge in [-0.15, -0.1) is 0 Å². The van der Waals surface area contributed by atoms with Crippen LogP contribution >= 0.6 is 0 Å². The van der Waals surface area contributed by atoms with Gasteiger partial charge in [0.15, 0.2) is 11.5 Å². The molecule has 0 N–H and O–H groups in total. The van der Waals surface area contributed by atoms with Gasteiger partial charge in [-0.2, -0.15) is 10.1 Å². The monoisotopic (exact) mass is 444 g/mol. The Hall–Kier alpha value is -4.26. The number of anilines is 1. The van der Waals surface area contributed by atoms with Crippen LogP contribution in [0.2, 0.25) is 0 Å². The van der Waals surface area contributed by atoms with Crippen molar-refractivity contribution in [2.75, 3.05) is 11.6 Å². The highest BCUT2D eigenvalue weighted by Crippen LogP contribution is 2.31. The van der Waals surface area contributed by atoms with Crippen LogP contribution in [-0.2, 0) is 4.79 Å². The molecule has 0 aromatic heterocycles. The average molecular weight is 444 g/mol. The number of hydrogen-bond acceptors (Lipinski definition) is 5. The highest BCUT2D eigenvalue weighted by atomic mass is 19.1. The van der Waals surface area contributed by atoms with Crippen LogP contribution in [0.15, 0.2) is 83.5 Å². The first-order valence-electron chi connectivity index (χ1n) is 10.4. The maximum absolute atomic E-state index is 13.1. The lowest BCUT2D eigenvalue weighted by Crippen LogP contribution is -2.21. The molecule has 7 heteroatoms. The number of carbonyl (C=O) groups is 2. The molecule has 1 amide bonds. The van der Waals surface area contributed by atoms with Gasteiger partial charge in [-0.05, 0) is 74.0 Å². The summed E-state index contributed by atoms with van der Waals surface area (Å²) >= 11 is 0. The third kappa shape index (κ3) is 4.82. The lowest BCUT2D eigenvalue weighted by Gasteiger charge is -2.12. The summed E-state index contributed by atoms with van der Waals surface area (Å²) in [7, 11) is 0. The van der Waals surface area contributed by atoms with E-state index >= 15 is 0 Å². The van der Waals surface area contributed by atoms with Crippen molar-refractivity contribution < 1.29 is 23.5 Å². The topological polar surface area (TPSA) is 68.2 Å². The number of ether oxygens (including phenoxy) is 2. The van der Waals surface area contributed by atoms with Gasteiger partial charge in [-0.25, -0.2) is 9.18 Å². The van der Waals surface area contributed by atoms with Crippen molar-refractivity contribution in [3.63, 3.8) is 0 Å². The van der Waals surface area contributed by atoms with Crippen LogP contribution in [-0.4, -0.2) is 24.2 Å². The maximum atomic E-state index is 13.1. The van der Waals surface area contributed by atoms with Crippen LogP contribution in [0.1, 0.15) is 29.8 Å². The van der Waals surface area contributed by atoms with E-state index in [0.29, 0.717) is 34.9 Å². The van der Waals surface area contributed by atoms with Crippen molar-refractivity contribution in [2.24, 2.45) is 5.10 Å². The minimum Gasteiger partial charge on any atom is -0.490 e. The second-order valence-corrected chi connectivity index (χ2v) is 7.23. The zero-order valence-corrected chi connectivity index (χ0v) is 18.1. The number of amides is 1. The SMILES string of the molecule is CCOc1cc(/C=C2/C(=O)N(c3ccccc3)N=C2C)ccc1OC(=O)c1ccc(F)cc1. The predicted molar refractivity (Wildman–Crippen MR) is 124 cm³/mol. The first kappa shape index (κ1) is 22.0. The number of esters is 1. The van der Waals surface area contributed by atoms with E-state index < -0.39 is 11.8 Å². The summed E-state index contributed by atoms with van der Waals surface area (Å²) < 4.78 is 24.2. The van der Waals surface area contributed by atoms with Crippen molar-refractivity contribution >= 4 is 29.4 Å². The molecule has 0 radical (unpaired) electrons. The zero-order valence-electron chi connectivity index (χ0n) is 18.1. The Morgan fingerprint density at radius 1 is 1.03 bits per heavy atom. The van der Waals surface area contributed by atoms with E-state index in [0.717, 1.165) is 0 Å². The Bertz CT molecular complexity index is 1250. The average Bonchev–Trinajstić information content (AvgIpc) is 3.10. The van der Waals surface area contributed by atoms with Crippen molar-refractivity contribution in [3.8, 4) is 11.5 Å². The number of para-hydroxylation sites is 1. The molecule has 0 fully saturated rings. The molecule has 33 heavy (non-hydrogen) atoms. The molecule has 0 saturated heterocycles. The van der Waals surface area contributed by atoms with E-state index in [4.69, 9.17) is 9.47 Å². The molecule has 3 aromatic carbocycles. The van der Waals surface area contributed by atoms with Crippen molar-refractivity contribution in [2.45, 2.75) is 13.8 Å². The summed E-state index contributed by atoms with van der Waals surface area (Å²) in [5, 5.41) is 5.74. The molecule has 0 atom stereocenters. The fourth-order valence-corrected chi connectivity index (χ4v) is 3.31. The van der Waals surface area contributed by atoms with Crippen LogP contribution in [0.4, 0.5) is 10.1 Å². The molecule has 4 rings (SSSR count). The number of rotatable bonds is 6. The number of hydrogen-bond donors (Lipinski definition) is 0. The molecule has 1 aliphatic rings. The van der Waals surface area contributed by atoms with Crippen LogP contribution in [0.5, 0.6) is 11.5 Å². The summed E-state index contributed by atoms with van der Waals surface area (Å²) in [6.07, 6.45) is 1.72. The van der Waals surface area contributed by atoms with Gasteiger partial charge in [-0.1, -0.05) is 24.3 Å². The quantitative estimate of drug-likeness (QED) is 0.296. The van der Waals surface area contributed by atoms with Crippen molar-refractivity contribution in [3.05, 3.63) is 95.3 Å². The molecule has 0 bridgehead atoms. The second kappa shape index (κ2) is 9.48. The number of benzene rings is 3. The molecule has 1 aliphatic heterocycles. The van der Waals surface area contributed by atoms with E-state index in [1.54, 1.807) is 31.2 Å². The minimum absolute atomic E-state index is 0.217. The van der Waals surface area contributed by atoms with Crippen molar-refractivity contribution in [1.82, 2.24) is 0 Å². The normalized spacial score (nSPS) is 14.4. The van der Waals surface area contributed by atoms with Crippen LogP contribution in [0.25, 0.3) is 6.08 Å². The van der Waals surface area contributed by atoms with Gasteiger partial charge in [0, 0.05) is 0 Å². The number of hydrazone groups is 1. The van der Waals surface area contributed by atoms with Crippen LogP contribution in [0.3, 0.4) is 0 Å². The number of halogens is 1. The zero-order chi connectivity index (χ0) is 23.4. The molecule has 0 aliphatic carbocycles. The summed E-state index contributed by atoms with van der Waals surface area (Å²) in [5.41, 5.74) is 2.64. The summed E-state index contributed by atoms with van der Waals surface area (Å²) in [6.45, 7) is 3.93. The molecular formula is C26H21FN2O4. The summed E-state index contributed by atoms with van der Waals surface area (Å²) in [5.74, 6) is -0.729. The largest absolute Gasteiger partial charge is 0.490 e. The van der Waals surface area contributed by atoms with E-state index in [2.05, 4.69) is 5.10 Å². The molecule has 6 nitrogen and oxygen atoms in total. The molecule has 0 unspecified atom stereocenters. The van der Waals surface area contributed by atoms with E-state index in [-0.39, 0.29) is 17.2 Å². The fourth-order valence-electron chi connectivity index (χ4n) is 3.31. The molecule has 166 valence electrons. The third-order valence-corrected chi connectivity index (χ3v) is 4.92. The van der Waals surface area contributed by atoms with E-state index in [9.17, 15) is 14.0 Å². The third-order valence-electron chi connectivity index (χ3n) is 4.92. The molecule has 0 spiro atoms. The van der Waals surface area contributed by atoms with Gasteiger partial charge in [0.2, 0.25) is 0 Å². The lowest BCUT2D eigenvalue weighted by molar-refractivity contribution is -0.114. The lowest BCUT2D eigenvalue weighted by atomic mass is 10.1. The Labute approximate surface area is 190 Å². The molecule has 1 heterocycles. The van der Waals surface area contributed by atoms with E-state index in [1.165, 1.54) is 29.3 Å². The highest BCUT2D eigenvalue weighted by Gasteiger charge is 2.28. The Morgan fingerprint density at radius 3 is 2.45 bits per heavy atom. The summed E-state index contributed by atoms with van der Waals surface area (Å²) in [6, 6.07) is 19.3. The standard InChI is InChI=1S/C26H21FN2O4/c1-3-32-24-16-18(9-14-23(24)33-26(31)19-10-12-20(27)13-11-19)15-22-17(2)28-29(25(22)30)21-7-5-4-6-8-21/h4-16H,3H2,1-2H3/b22-15+. The van der Waals surface area contributed by atoms with Gasteiger partial charge in [-0.3, -0.25) is 4.79 Å². The number of carbonyl (C=O) groups excluding carboxylic acids is 2.